The highest BCUT2D eigenvalue weighted by Crippen LogP contribution is 2.45. The molecular weight excluding hydrogens is 631 g/mol. The number of benzene rings is 9. The molecule has 0 radical (unpaired) electrons. The van der Waals surface area contributed by atoms with Crippen LogP contribution < -0.4 is 4.90 Å². The zero-order chi connectivity index (χ0) is 34.4. The Bertz CT molecular complexity index is 2890. The number of anilines is 3. The third-order valence-corrected chi connectivity index (χ3v) is 10.3. The molecule has 0 atom stereocenters. The fourth-order valence-electron chi connectivity index (χ4n) is 7.85. The van der Waals surface area contributed by atoms with E-state index < -0.39 is 0 Å². The van der Waals surface area contributed by atoms with Gasteiger partial charge in [-0.25, -0.2) is 0 Å². The summed E-state index contributed by atoms with van der Waals surface area (Å²) in [6.45, 7) is 0. The van der Waals surface area contributed by atoms with E-state index in [2.05, 4.69) is 193 Å². The van der Waals surface area contributed by atoms with Crippen LogP contribution in [0.4, 0.5) is 17.1 Å². The van der Waals surface area contributed by atoms with Gasteiger partial charge in [0.05, 0.1) is 5.69 Å². The molecule has 0 saturated carbocycles. The summed E-state index contributed by atoms with van der Waals surface area (Å²) >= 11 is 0. The number of rotatable bonds is 6. The van der Waals surface area contributed by atoms with E-state index in [1.165, 1.54) is 60.3 Å². The van der Waals surface area contributed by atoms with E-state index in [-0.39, 0.29) is 0 Å². The minimum atomic E-state index is 0.918. The molecule has 0 N–H and O–H groups in total. The standard InChI is InChI=1S/C50H33NO/c1-4-14-34(15-5-1)40-29-30-47(44-21-11-10-20-43(40)44)51(38-18-8-3-9-19-38)39-26-28-41(46(33-39)35-16-6-2-7-17-35)36-24-27-42-37(32-36)25-31-49-50(42)45-22-12-13-23-48(45)52-49/h1-33H. The van der Waals surface area contributed by atoms with Gasteiger partial charge in [0, 0.05) is 27.5 Å². The van der Waals surface area contributed by atoms with Crippen LogP contribution in [0.5, 0.6) is 0 Å². The summed E-state index contributed by atoms with van der Waals surface area (Å²) < 4.78 is 6.21. The van der Waals surface area contributed by atoms with Gasteiger partial charge in [0.2, 0.25) is 0 Å². The number of hydrogen-bond acceptors (Lipinski definition) is 2. The normalized spacial score (nSPS) is 11.5. The molecule has 0 saturated heterocycles. The molecule has 0 spiro atoms. The lowest BCUT2D eigenvalue weighted by Gasteiger charge is -2.28. The first kappa shape index (κ1) is 30.0. The van der Waals surface area contributed by atoms with Crippen LogP contribution in [0, 0.1) is 0 Å². The lowest BCUT2D eigenvalue weighted by molar-refractivity contribution is 0.669. The molecule has 0 fully saturated rings. The highest BCUT2D eigenvalue weighted by Gasteiger charge is 2.20. The quantitative estimate of drug-likeness (QED) is 0.176. The van der Waals surface area contributed by atoms with Gasteiger partial charge >= 0.3 is 0 Å². The van der Waals surface area contributed by atoms with Gasteiger partial charge in [0.25, 0.3) is 0 Å². The first-order valence-corrected chi connectivity index (χ1v) is 17.8. The second-order valence-electron chi connectivity index (χ2n) is 13.3. The number of nitrogens with zero attached hydrogens (tertiary/aromatic N) is 1. The molecule has 1 heterocycles. The van der Waals surface area contributed by atoms with Crippen molar-refractivity contribution in [3.05, 3.63) is 200 Å². The Balaban J connectivity index is 1.17. The Kier molecular flexibility index (Phi) is 7.18. The van der Waals surface area contributed by atoms with Gasteiger partial charge in [-0.15, -0.1) is 0 Å². The number of fused-ring (bicyclic) bond motifs is 6. The third kappa shape index (κ3) is 5.04. The molecule has 9 aromatic carbocycles. The van der Waals surface area contributed by atoms with Crippen LogP contribution in [0.25, 0.3) is 76.9 Å². The van der Waals surface area contributed by atoms with Crippen LogP contribution >= 0.6 is 0 Å². The Morgan fingerprint density at radius 3 is 1.73 bits per heavy atom. The van der Waals surface area contributed by atoms with E-state index in [0.717, 1.165) is 33.6 Å². The summed E-state index contributed by atoms with van der Waals surface area (Å²) in [5.41, 5.74) is 12.3. The first-order valence-electron chi connectivity index (χ1n) is 17.8. The van der Waals surface area contributed by atoms with E-state index in [4.69, 9.17) is 4.42 Å². The van der Waals surface area contributed by atoms with Gasteiger partial charge in [-0.05, 0) is 98.1 Å². The second-order valence-corrected chi connectivity index (χ2v) is 13.3. The Morgan fingerprint density at radius 2 is 0.962 bits per heavy atom. The minimum Gasteiger partial charge on any atom is -0.456 e. The smallest absolute Gasteiger partial charge is 0.136 e. The van der Waals surface area contributed by atoms with Crippen LogP contribution in [-0.4, -0.2) is 0 Å². The van der Waals surface area contributed by atoms with Gasteiger partial charge in [0.15, 0.2) is 0 Å². The van der Waals surface area contributed by atoms with Crippen molar-refractivity contribution in [2.24, 2.45) is 0 Å². The Morgan fingerprint density at radius 1 is 0.327 bits per heavy atom. The van der Waals surface area contributed by atoms with Gasteiger partial charge in [-0.3, -0.25) is 0 Å². The van der Waals surface area contributed by atoms with Crippen molar-refractivity contribution in [3.8, 4) is 33.4 Å². The van der Waals surface area contributed by atoms with E-state index in [9.17, 15) is 0 Å². The topological polar surface area (TPSA) is 16.4 Å². The van der Waals surface area contributed by atoms with Crippen molar-refractivity contribution in [1.29, 1.82) is 0 Å². The zero-order valence-electron chi connectivity index (χ0n) is 28.4. The predicted octanol–water partition coefficient (Wildman–Crippen LogP) is 14.4. The first-order chi connectivity index (χ1) is 25.8. The summed E-state index contributed by atoms with van der Waals surface area (Å²) in [5.74, 6) is 0. The third-order valence-electron chi connectivity index (χ3n) is 10.3. The molecule has 1 aromatic heterocycles. The molecule has 0 unspecified atom stereocenters. The second kappa shape index (κ2) is 12.5. The van der Waals surface area contributed by atoms with E-state index in [1.54, 1.807) is 0 Å². The highest BCUT2D eigenvalue weighted by atomic mass is 16.3. The molecule has 2 heteroatoms. The number of hydrogen-bond donors (Lipinski definition) is 0. The van der Waals surface area contributed by atoms with Crippen molar-refractivity contribution < 1.29 is 4.42 Å². The molecule has 0 aliphatic heterocycles. The lowest BCUT2D eigenvalue weighted by Crippen LogP contribution is -2.11. The molecule has 2 nitrogen and oxygen atoms in total. The molecule has 0 aliphatic rings. The highest BCUT2D eigenvalue weighted by molar-refractivity contribution is 6.19. The molecule has 52 heavy (non-hydrogen) atoms. The van der Waals surface area contributed by atoms with E-state index >= 15 is 0 Å². The average Bonchev–Trinajstić information content (AvgIpc) is 3.61. The largest absolute Gasteiger partial charge is 0.456 e. The van der Waals surface area contributed by atoms with Gasteiger partial charge in [0.1, 0.15) is 11.2 Å². The summed E-state index contributed by atoms with van der Waals surface area (Å²) in [4.78, 5) is 2.40. The lowest BCUT2D eigenvalue weighted by atomic mass is 9.91. The summed E-state index contributed by atoms with van der Waals surface area (Å²) in [5, 5.41) is 7.13. The number of furan rings is 1. The van der Waals surface area contributed by atoms with Gasteiger partial charge in [-0.2, -0.15) is 0 Å². The van der Waals surface area contributed by atoms with Crippen LogP contribution in [0.2, 0.25) is 0 Å². The monoisotopic (exact) mass is 663 g/mol. The van der Waals surface area contributed by atoms with Crippen molar-refractivity contribution >= 4 is 60.5 Å². The van der Waals surface area contributed by atoms with E-state index in [0.29, 0.717) is 0 Å². The SMILES string of the molecule is c1ccc(-c2cc(N(c3ccccc3)c3ccc(-c4ccccc4)c4ccccc34)ccc2-c2ccc3c(ccc4oc5ccccc5c43)c2)cc1. The van der Waals surface area contributed by atoms with E-state index in [1.807, 2.05) is 12.1 Å². The van der Waals surface area contributed by atoms with Crippen molar-refractivity contribution in [1.82, 2.24) is 0 Å². The molecule has 0 amide bonds. The van der Waals surface area contributed by atoms with Crippen molar-refractivity contribution in [2.45, 2.75) is 0 Å². The van der Waals surface area contributed by atoms with Gasteiger partial charge in [-0.1, -0.05) is 152 Å². The summed E-state index contributed by atoms with van der Waals surface area (Å²) in [6, 6.07) is 71.8. The Hall–Kier alpha value is -6.90. The Labute approximate surface area is 302 Å². The molecule has 0 aliphatic carbocycles. The molecule has 0 bridgehead atoms. The zero-order valence-corrected chi connectivity index (χ0v) is 28.4. The molecule has 244 valence electrons. The molecule has 10 aromatic rings. The molecule has 10 rings (SSSR count). The summed E-state index contributed by atoms with van der Waals surface area (Å²) in [7, 11) is 0. The maximum Gasteiger partial charge on any atom is 0.136 e. The number of para-hydroxylation sites is 2. The van der Waals surface area contributed by atoms with Crippen LogP contribution in [0.3, 0.4) is 0 Å². The fraction of sp³-hybridized carbons (Fsp3) is 0. The van der Waals surface area contributed by atoms with Crippen LogP contribution in [-0.2, 0) is 0 Å². The average molecular weight is 664 g/mol. The van der Waals surface area contributed by atoms with Crippen molar-refractivity contribution in [3.63, 3.8) is 0 Å². The predicted molar refractivity (Wildman–Crippen MR) is 220 cm³/mol. The minimum absolute atomic E-state index is 0.918. The summed E-state index contributed by atoms with van der Waals surface area (Å²) in [6.07, 6.45) is 0. The van der Waals surface area contributed by atoms with Crippen molar-refractivity contribution in [2.75, 3.05) is 4.90 Å². The van der Waals surface area contributed by atoms with Crippen LogP contribution in [0.1, 0.15) is 0 Å². The van der Waals surface area contributed by atoms with Gasteiger partial charge < -0.3 is 9.32 Å². The molecular formula is C50H33NO. The fourth-order valence-corrected chi connectivity index (χ4v) is 7.85. The maximum atomic E-state index is 6.21. The maximum absolute atomic E-state index is 6.21. The van der Waals surface area contributed by atoms with Crippen LogP contribution in [0.15, 0.2) is 205 Å².